The second-order valence-corrected chi connectivity index (χ2v) is 10.7. The van der Waals surface area contributed by atoms with Gasteiger partial charge in [-0.3, -0.25) is 4.79 Å². The number of alkyl halides is 3. The molecule has 0 aliphatic carbocycles. The van der Waals surface area contributed by atoms with Gasteiger partial charge in [-0.2, -0.15) is 18.3 Å². The van der Waals surface area contributed by atoms with Crippen molar-refractivity contribution < 1.29 is 36.3 Å². The molecule has 11 heteroatoms. The summed E-state index contributed by atoms with van der Waals surface area (Å²) in [6, 6.07) is 22.7. The highest BCUT2D eigenvalue weighted by Crippen LogP contribution is 2.49. The number of esters is 1. The van der Waals surface area contributed by atoms with E-state index in [1.54, 1.807) is 48.5 Å². The first-order valence-electron chi connectivity index (χ1n) is 11.4. The lowest BCUT2D eigenvalue weighted by Crippen LogP contribution is -2.35. The topological polar surface area (TPSA) is 73.9 Å². The molecule has 0 heterocycles. The Hall–Kier alpha value is -3.33. The van der Waals surface area contributed by atoms with E-state index in [1.807, 2.05) is 24.3 Å². The van der Waals surface area contributed by atoms with Crippen LogP contribution in [0.1, 0.15) is 18.1 Å². The minimum Gasteiger partial charge on any atom is -0.460 e. The number of fused-ring (bicyclic) bond motifs is 1. The van der Waals surface area contributed by atoms with Crippen LogP contribution in [-0.4, -0.2) is 12.0 Å². The average Bonchev–Trinajstić information content (AvgIpc) is 2.88. The van der Waals surface area contributed by atoms with Gasteiger partial charge in [-0.1, -0.05) is 66.7 Å². The zero-order valence-electron chi connectivity index (χ0n) is 19.9. The summed E-state index contributed by atoms with van der Waals surface area (Å²) < 4.78 is 70.1. The maximum Gasteiger partial charge on any atom is 0.513 e. The van der Waals surface area contributed by atoms with E-state index in [4.69, 9.17) is 13.8 Å². The van der Waals surface area contributed by atoms with Gasteiger partial charge in [0.05, 0.1) is 10.0 Å². The van der Waals surface area contributed by atoms with Crippen LogP contribution in [0.25, 0.3) is 10.8 Å². The van der Waals surface area contributed by atoms with Crippen molar-refractivity contribution in [3.63, 3.8) is 0 Å². The molecule has 0 amide bonds. The molecule has 0 saturated carbocycles. The smallest absolute Gasteiger partial charge is 0.460 e. The van der Waals surface area contributed by atoms with Gasteiger partial charge in [-0.05, 0) is 58.1 Å². The molecule has 4 aromatic rings. The van der Waals surface area contributed by atoms with Gasteiger partial charge in [0.25, 0.3) is 0 Å². The minimum atomic E-state index is -4.58. The van der Waals surface area contributed by atoms with Crippen molar-refractivity contribution in [2.75, 3.05) is 0 Å². The minimum absolute atomic E-state index is 0.00845. The van der Waals surface area contributed by atoms with Gasteiger partial charge in [0.2, 0.25) is 0 Å². The predicted molar refractivity (Wildman–Crippen MR) is 141 cm³/mol. The van der Waals surface area contributed by atoms with Gasteiger partial charge in [0, 0.05) is 5.39 Å². The first-order valence-corrected chi connectivity index (χ1v) is 13.7. The maximum atomic E-state index is 14.0. The lowest BCUT2D eigenvalue weighted by atomic mass is 10.1. The first-order chi connectivity index (χ1) is 18.0. The Morgan fingerprint density at radius 3 is 2.29 bits per heavy atom. The first kappa shape index (κ1) is 27.7. The van der Waals surface area contributed by atoms with Crippen LogP contribution in [0.15, 0.2) is 95.5 Å². The summed E-state index contributed by atoms with van der Waals surface area (Å²) in [6.07, 6.45) is -4.58. The van der Waals surface area contributed by atoms with Gasteiger partial charge in [0.1, 0.15) is 24.1 Å². The van der Waals surface area contributed by atoms with E-state index < -0.39 is 31.5 Å². The maximum absolute atomic E-state index is 14.0. The Morgan fingerprint density at radius 2 is 1.58 bits per heavy atom. The van der Waals surface area contributed by atoms with Crippen molar-refractivity contribution in [2.45, 2.75) is 25.7 Å². The molecule has 0 radical (unpaired) electrons. The highest BCUT2D eigenvalue weighted by molar-refractivity contribution is 9.10. The fraction of sp³-hybridized carbons (Fsp3) is 0.148. The van der Waals surface area contributed by atoms with E-state index in [0.29, 0.717) is 5.39 Å². The Morgan fingerprint density at radius 1 is 0.921 bits per heavy atom. The molecule has 198 valence electrons. The standard InChI is InChI=1S/C27H22BrF3NO5P/c1-18(26(33)35-17-19-8-3-2-4-9-19)32-38(34,36-24-13-7-11-20-10-5-6-12-22(20)24)37-25-15-14-21(16-23(25)28)27(29,30)31/h2-16,18H,17H2,1H3,(H,32,34)/t18-,38?/m0/s1. The number of hydrogen-bond acceptors (Lipinski definition) is 5. The number of rotatable bonds is 9. The third-order valence-corrected chi connectivity index (χ3v) is 7.57. The Labute approximate surface area is 225 Å². The molecule has 0 aromatic heterocycles. The van der Waals surface area contributed by atoms with E-state index in [9.17, 15) is 22.5 Å². The number of ether oxygens (including phenoxy) is 1. The molecule has 4 aromatic carbocycles. The Kier molecular flexibility index (Phi) is 8.45. The molecule has 2 atom stereocenters. The van der Waals surface area contributed by atoms with Crippen molar-refractivity contribution in [3.05, 3.63) is 107 Å². The summed E-state index contributed by atoms with van der Waals surface area (Å²) in [5, 5.41) is 3.97. The van der Waals surface area contributed by atoms with E-state index >= 15 is 0 Å². The normalized spacial score (nSPS) is 13.9. The molecule has 0 saturated heterocycles. The quantitative estimate of drug-likeness (QED) is 0.154. The van der Waals surface area contributed by atoms with Gasteiger partial charge in [0.15, 0.2) is 0 Å². The summed E-state index contributed by atoms with van der Waals surface area (Å²) in [5.74, 6) is -0.726. The second-order valence-electron chi connectivity index (χ2n) is 8.24. The third-order valence-electron chi connectivity index (χ3n) is 5.38. The molecule has 0 aliphatic rings. The van der Waals surface area contributed by atoms with Gasteiger partial charge >= 0.3 is 19.9 Å². The predicted octanol–water partition coefficient (Wildman–Crippen LogP) is 7.91. The number of carbonyl (C=O) groups excluding carboxylic acids is 1. The summed E-state index contributed by atoms with van der Waals surface area (Å²) in [4.78, 5) is 12.7. The third kappa shape index (κ3) is 6.95. The molecule has 0 bridgehead atoms. The second kappa shape index (κ2) is 11.6. The van der Waals surface area contributed by atoms with Crippen LogP contribution in [0, 0.1) is 0 Å². The van der Waals surface area contributed by atoms with Crippen LogP contribution in [0.2, 0.25) is 0 Å². The van der Waals surface area contributed by atoms with E-state index in [2.05, 4.69) is 21.0 Å². The lowest BCUT2D eigenvalue weighted by Gasteiger charge is -2.24. The molecular weight excluding hydrogens is 586 g/mol. The van der Waals surface area contributed by atoms with E-state index in [1.165, 1.54) is 6.92 Å². The van der Waals surface area contributed by atoms with Crippen LogP contribution in [-0.2, 0) is 26.9 Å². The SMILES string of the molecule is C[C@H](NP(=O)(Oc1ccc(C(F)(F)F)cc1Br)Oc1cccc2ccccc12)C(=O)OCc1ccccc1. The molecular formula is C27H22BrF3NO5P. The lowest BCUT2D eigenvalue weighted by molar-refractivity contribution is -0.146. The number of carbonyl (C=O) groups is 1. The van der Waals surface area contributed by atoms with Crippen LogP contribution in [0.5, 0.6) is 11.5 Å². The zero-order valence-corrected chi connectivity index (χ0v) is 22.4. The molecule has 0 fully saturated rings. The number of benzene rings is 4. The monoisotopic (exact) mass is 607 g/mol. The fourth-order valence-corrected chi connectivity index (χ4v) is 5.64. The largest absolute Gasteiger partial charge is 0.513 e. The molecule has 0 aliphatic heterocycles. The summed E-state index contributed by atoms with van der Waals surface area (Å²) >= 11 is 3.04. The molecule has 0 spiro atoms. The molecule has 38 heavy (non-hydrogen) atoms. The fourth-order valence-electron chi connectivity index (χ4n) is 3.50. The number of halogens is 4. The number of nitrogens with one attached hydrogen (secondary N) is 1. The van der Waals surface area contributed by atoms with Crippen LogP contribution in [0.3, 0.4) is 0 Å². The van der Waals surface area contributed by atoms with Gasteiger partial charge < -0.3 is 13.8 Å². The van der Waals surface area contributed by atoms with E-state index in [-0.39, 0.29) is 22.6 Å². The molecule has 4 rings (SSSR count). The highest BCUT2D eigenvalue weighted by Gasteiger charge is 2.36. The highest BCUT2D eigenvalue weighted by atomic mass is 79.9. The zero-order chi connectivity index (χ0) is 27.3. The van der Waals surface area contributed by atoms with Crippen molar-refractivity contribution in [2.24, 2.45) is 0 Å². The van der Waals surface area contributed by atoms with Crippen LogP contribution in [0.4, 0.5) is 13.2 Å². The molecule has 1 unspecified atom stereocenters. The van der Waals surface area contributed by atoms with Crippen molar-refractivity contribution in [1.82, 2.24) is 5.09 Å². The Bertz CT molecular complexity index is 1480. The molecule has 6 nitrogen and oxygen atoms in total. The van der Waals surface area contributed by atoms with Crippen LogP contribution >= 0.6 is 23.7 Å². The molecule has 1 N–H and O–H groups in total. The van der Waals surface area contributed by atoms with Crippen molar-refractivity contribution in [1.29, 1.82) is 0 Å². The summed E-state index contributed by atoms with van der Waals surface area (Å²) in [5.41, 5.74) is -0.166. The van der Waals surface area contributed by atoms with E-state index in [0.717, 1.165) is 29.1 Å². The van der Waals surface area contributed by atoms with Gasteiger partial charge in [-0.15, -0.1) is 0 Å². The van der Waals surface area contributed by atoms with Gasteiger partial charge in [-0.25, -0.2) is 4.57 Å². The Balaban J connectivity index is 1.61. The van der Waals surface area contributed by atoms with Crippen LogP contribution < -0.4 is 14.1 Å². The average molecular weight is 608 g/mol. The van der Waals surface area contributed by atoms with Crippen molar-refractivity contribution in [3.8, 4) is 11.5 Å². The summed E-state index contributed by atoms with van der Waals surface area (Å²) in [7, 11) is -4.42. The summed E-state index contributed by atoms with van der Waals surface area (Å²) in [6.45, 7) is 1.41. The van der Waals surface area contributed by atoms with Crippen molar-refractivity contribution >= 4 is 40.4 Å². The number of hydrogen-bond donors (Lipinski definition) is 1.